The third-order valence-corrected chi connectivity index (χ3v) is 4.30. The SMILES string of the molecule is CCC.CCOC(=O)/C(C#N)=C/c1ccc(O)cc1.COCC(C)OC(=O)/C(C#N)=C/c1ccc(OC)cc1. The second kappa shape index (κ2) is 20.5. The predicted molar refractivity (Wildman–Crippen MR) is 148 cm³/mol. The molecule has 9 heteroatoms. The van der Waals surface area contributed by atoms with E-state index < -0.39 is 18.0 Å². The highest BCUT2D eigenvalue weighted by Gasteiger charge is 2.14. The number of rotatable bonds is 9. The van der Waals surface area contributed by atoms with E-state index in [1.807, 2.05) is 6.07 Å². The highest BCUT2D eigenvalue weighted by atomic mass is 16.6. The Hall–Kier alpha value is -4.60. The van der Waals surface area contributed by atoms with Crippen LogP contribution in [0.5, 0.6) is 11.5 Å². The number of aromatic hydroxyl groups is 1. The van der Waals surface area contributed by atoms with E-state index in [1.165, 1.54) is 37.8 Å². The Morgan fingerprint density at radius 1 is 0.872 bits per heavy atom. The predicted octanol–water partition coefficient (Wildman–Crippen LogP) is 5.46. The van der Waals surface area contributed by atoms with Crippen LogP contribution in [0.25, 0.3) is 12.2 Å². The number of benzene rings is 2. The van der Waals surface area contributed by atoms with Gasteiger partial charge in [-0.1, -0.05) is 44.5 Å². The van der Waals surface area contributed by atoms with Gasteiger partial charge in [0.25, 0.3) is 0 Å². The molecule has 0 aromatic heterocycles. The van der Waals surface area contributed by atoms with Crippen LogP contribution in [0.15, 0.2) is 59.7 Å². The summed E-state index contributed by atoms with van der Waals surface area (Å²) in [4.78, 5) is 23.1. The maximum atomic E-state index is 11.8. The molecule has 2 aromatic rings. The number of nitrogens with zero attached hydrogens (tertiary/aromatic N) is 2. The van der Waals surface area contributed by atoms with Crippen LogP contribution in [0.4, 0.5) is 0 Å². The molecular formula is C30H36N2O7. The molecule has 0 aliphatic heterocycles. The van der Waals surface area contributed by atoms with Crippen LogP contribution in [-0.2, 0) is 23.8 Å². The Labute approximate surface area is 230 Å². The van der Waals surface area contributed by atoms with Gasteiger partial charge in [-0.25, -0.2) is 9.59 Å². The number of hydrogen-bond acceptors (Lipinski definition) is 9. The van der Waals surface area contributed by atoms with Gasteiger partial charge in [0, 0.05) is 7.11 Å². The molecule has 0 spiro atoms. The van der Waals surface area contributed by atoms with Crippen molar-refractivity contribution in [2.45, 2.75) is 40.2 Å². The fraction of sp³-hybridized carbons (Fsp3) is 0.333. The number of carbonyl (C=O) groups is 2. The molecule has 2 aromatic carbocycles. The molecule has 208 valence electrons. The molecule has 1 atom stereocenters. The van der Waals surface area contributed by atoms with Gasteiger partial charge in [-0.05, 0) is 61.4 Å². The third kappa shape index (κ3) is 14.7. The lowest BCUT2D eigenvalue weighted by Crippen LogP contribution is -2.20. The second-order valence-electron chi connectivity index (χ2n) is 7.80. The van der Waals surface area contributed by atoms with Crippen LogP contribution < -0.4 is 4.74 Å². The Morgan fingerprint density at radius 2 is 1.33 bits per heavy atom. The monoisotopic (exact) mass is 536 g/mol. The number of nitriles is 2. The minimum absolute atomic E-state index is 0.0573. The van der Waals surface area contributed by atoms with Gasteiger partial charge in [0.1, 0.15) is 40.9 Å². The zero-order valence-corrected chi connectivity index (χ0v) is 23.3. The van der Waals surface area contributed by atoms with Crippen molar-refractivity contribution >= 4 is 24.1 Å². The molecule has 0 fully saturated rings. The molecule has 1 N–H and O–H groups in total. The van der Waals surface area contributed by atoms with Crippen LogP contribution in [0.3, 0.4) is 0 Å². The van der Waals surface area contributed by atoms with Crippen LogP contribution in [-0.4, -0.2) is 50.6 Å². The normalized spacial score (nSPS) is 11.2. The highest BCUT2D eigenvalue weighted by Crippen LogP contribution is 2.15. The summed E-state index contributed by atoms with van der Waals surface area (Å²) < 4.78 is 19.7. The molecule has 0 amide bonds. The summed E-state index contributed by atoms with van der Waals surface area (Å²) >= 11 is 0. The maximum Gasteiger partial charge on any atom is 0.349 e. The zero-order valence-electron chi connectivity index (χ0n) is 23.3. The van der Waals surface area contributed by atoms with Crippen molar-refractivity contribution in [3.63, 3.8) is 0 Å². The first kappa shape index (κ1) is 34.4. The van der Waals surface area contributed by atoms with E-state index in [-0.39, 0.29) is 30.1 Å². The maximum absolute atomic E-state index is 11.8. The van der Waals surface area contributed by atoms with E-state index in [0.29, 0.717) is 11.3 Å². The Kier molecular flexibility index (Phi) is 18.0. The molecule has 39 heavy (non-hydrogen) atoms. The van der Waals surface area contributed by atoms with E-state index in [1.54, 1.807) is 63.4 Å². The number of esters is 2. The molecule has 0 heterocycles. The van der Waals surface area contributed by atoms with E-state index in [9.17, 15) is 9.59 Å². The fourth-order valence-electron chi connectivity index (χ4n) is 2.60. The minimum Gasteiger partial charge on any atom is -0.508 e. The first-order chi connectivity index (χ1) is 18.7. The van der Waals surface area contributed by atoms with E-state index in [4.69, 9.17) is 34.6 Å². The van der Waals surface area contributed by atoms with Gasteiger partial charge in [-0.2, -0.15) is 10.5 Å². The lowest BCUT2D eigenvalue weighted by Gasteiger charge is -2.11. The molecule has 1 unspecified atom stereocenters. The number of carbonyl (C=O) groups excluding carboxylic acids is 2. The summed E-state index contributed by atoms with van der Waals surface area (Å²) in [5.74, 6) is -0.463. The first-order valence-corrected chi connectivity index (χ1v) is 12.2. The highest BCUT2D eigenvalue weighted by molar-refractivity contribution is 5.98. The molecule has 0 saturated heterocycles. The third-order valence-electron chi connectivity index (χ3n) is 4.30. The lowest BCUT2D eigenvalue weighted by atomic mass is 10.1. The van der Waals surface area contributed by atoms with E-state index >= 15 is 0 Å². The van der Waals surface area contributed by atoms with Crippen LogP contribution >= 0.6 is 0 Å². The van der Waals surface area contributed by atoms with Crippen molar-refractivity contribution in [1.82, 2.24) is 0 Å². The van der Waals surface area contributed by atoms with Gasteiger partial charge in [0.2, 0.25) is 0 Å². The zero-order chi connectivity index (χ0) is 29.6. The summed E-state index contributed by atoms with van der Waals surface area (Å²) in [5, 5.41) is 26.9. The average molecular weight is 537 g/mol. The topological polar surface area (TPSA) is 139 Å². The molecule has 9 nitrogen and oxygen atoms in total. The number of ether oxygens (including phenoxy) is 4. The smallest absolute Gasteiger partial charge is 0.349 e. The Bertz CT molecular complexity index is 1160. The number of phenolic OH excluding ortho intramolecular Hbond substituents is 1. The van der Waals surface area contributed by atoms with Gasteiger partial charge in [-0.15, -0.1) is 0 Å². The number of methoxy groups -OCH3 is 2. The summed E-state index contributed by atoms with van der Waals surface area (Å²) in [6.07, 6.45) is 3.73. The Balaban J connectivity index is 0.000000685. The van der Waals surface area contributed by atoms with Crippen LogP contribution in [0, 0.1) is 22.7 Å². The van der Waals surface area contributed by atoms with Crippen molar-refractivity contribution in [2.24, 2.45) is 0 Å². The summed E-state index contributed by atoms with van der Waals surface area (Å²) in [7, 11) is 3.09. The summed E-state index contributed by atoms with van der Waals surface area (Å²) in [6.45, 7) is 8.14. The van der Waals surface area contributed by atoms with Crippen LogP contribution in [0.1, 0.15) is 45.2 Å². The molecule has 0 bridgehead atoms. The Morgan fingerprint density at radius 3 is 1.74 bits per heavy atom. The van der Waals surface area contributed by atoms with E-state index in [0.717, 1.165) is 5.56 Å². The van der Waals surface area contributed by atoms with Crippen molar-refractivity contribution in [3.05, 3.63) is 70.8 Å². The lowest BCUT2D eigenvalue weighted by molar-refractivity contribution is -0.145. The van der Waals surface area contributed by atoms with Crippen molar-refractivity contribution < 1.29 is 33.6 Å². The summed E-state index contributed by atoms with van der Waals surface area (Å²) in [6, 6.07) is 16.8. The van der Waals surface area contributed by atoms with E-state index in [2.05, 4.69) is 13.8 Å². The largest absolute Gasteiger partial charge is 0.508 e. The summed E-state index contributed by atoms with van der Waals surface area (Å²) in [5.41, 5.74) is 1.26. The number of phenols is 1. The van der Waals surface area contributed by atoms with Crippen LogP contribution in [0.2, 0.25) is 0 Å². The van der Waals surface area contributed by atoms with Gasteiger partial charge < -0.3 is 24.1 Å². The molecular weight excluding hydrogens is 500 g/mol. The first-order valence-electron chi connectivity index (χ1n) is 12.2. The average Bonchev–Trinajstić information content (AvgIpc) is 2.92. The molecule has 0 aliphatic rings. The van der Waals surface area contributed by atoms with Gasteiger partial charge in [0.05, 0.1) is 20.3 Å². The van der Waals surface area contributed by atoms with Gasteiger partial charge in [0.15, 0.2) is 0 Å². The molecule has 0 saturated carbocycles. The van der Waals surface area contributed by atoms with Crippen molar-refractivity contribution in [3.8, 4) is 23.6 Å². The van der Waals surface area contributed by atoms with Crippen molar-refractivity contribution in [1.29, 1.82) is 10.5 Å². The van der Waals surface area contributed by atoms with Crippen molar-refractivity contribution in [2.75, 3.05) is 27.4 Å². The molecule has 2 rings (SSSR count). The van der Waals surface area contributed by atoms with Gasteiger partial charge in [-0.3, -0.25) is 0 Å². The second-order valence-corrected chi connectivity index (χ2v) is 7.80. The molecule has 0 radical (unpaired) electrons. The fourth-order valence-corrected chi connectivity index (χ4v) is 2.60. The quantitative estimate of drug-likeness (QED) is 0.251. The molecule has 0 aliphatic carbocycles. The number of hydrogen-bond donors (Lipinski definition) is 1. The van der Waals surface area contributed by atoms with Gasteiger partial charge >= 0.3 is 11.9 Å². The minimum atomic E-state index is -0.659. The standard InChI is InChI=1S/C15H17NO4.C12H11NO3.C3H8/c1-11(10-18-2)20-15(17)13(9-16)8-12-4-6-14(19-3)7-5-12;1-2-16-12(15)10(8-13)7-9-3-5-11(14)6-4-9;1-3-2/h4-8,11H,10H2,1-3H3;3-7,14H,2H2,1H3;3H2,1-2H3/b13-8+;10-7+;.